The van der Waals surface area contributed by atoms with E-state index in [9.17, 15) is 39.0 Å². The molecule has 0 aliphatic rings. The van der Waals surface area contributed by atoms with Gasteiger partial charge in [0, 0.05) is 6.42 Å². The van der Waals surface area contributed by atoms with Crippen molar-refractivity contribution >= 4 is 35.5 Å². The highest BCUT2D eigenvalue weighted by atomic mass is 16.4. The van der Waals surface area contributed by atoms with Crippen molar-refractivity contribution in [2.24, 2.45) is 23.1 Å². The van der Waals surface area contributed by atoms with E-state index in [2.05, 4.69) is 16.0 Å². The Morgan fingerprint density at radius 1 is 0.812 bits per heavy atom. The van der Waals surface area contributed by atoms with Gasteiger partial charge in [0.15, 0.2) is 0 Å². The molecule has 0 radical (unpaired) electrons. The van der Waals surface area contributed by atoms with Gasteiger partial charge in [0.2, 0.25) is 29.5 Å². The Hall–Kier alpha value is -3.26. The van der Waals surface area contributed by atoms with Crippen molar-refractivity contribution in [3.8, 4) is 0 Å². The van der Waals surface area contributed by atoms with Crippen molar-refractivity contribution in [2.75, 3.05) is 0 Å². The number of hydrogen-bond donors (Lipinski definition) is 8. The molecule has 0 spiro atoms. The van der Waals surface area contributed by atoms with Gasteiger partial charge in [0.25, 0.3) is 0 Å². The number of primary amides is 2. The maximum absolute atomic E-state index is 12.7. The van der Waals surface area contributed by atoms with Crippen LogP contribution in [0.5, 0.6) is 0 Å². The number of aliphatic hydroxyl groups excluding tert-OH is 1. The summed E-state index contributed by atoms with van der Waals surface area (Å²) in [6, 6.07) is -5.64. The van der Waals surface area contributed by atoms with Crippen LogP contribution < -0.4 is 33.2 Å². The summed E-state index contributed by atoms with van der Waals surface area (Å²) < 4.78 is 0. The monoisotopic (exact) mass is 460 g/mol. The number of nitrogens with one attached hydrogen (secondary N) is 3. The molecule has 0 fully saturated rings. The Morgan fingerprint density at radius 3 is 1.72 bits per heavy atom. The SMILES string of the molecule is CC(C)C(NC(=O)C(CCC(N)=O)NC(=O)C(CC(N)=O)NC(=O)C(N)C(C)O)C(=O)O. The summed E-state index contributed by atoms with van der Waals surface area (Å²) in [7, 11) is 0. The predicted octanol–water partition coefficient (Wildman–Crippen LogP) is -3.97. The van der Waals surface area contributed by atoms with Gasteiger partial charge < -0.3 is 43.4 Å². The minimum atomic E-state index is -1.55. The molecule has 0 aromatic heterocycles. The van der Waals surface area contributed by atoms with Crippen LogP contribution in [0.25, 0.3) is 0 Å². The Bertz CT molecular complexity index is 726. The summed E-state index contributed by atoms with van der Waals surface area (Å²) in [6.07, 6.45) is -2.51. The Balaban J connectivity index is 5.60. The van der Waals surface area contributed by atoms with Gasteiger partial charge in [-0.2, -0.15) is 0 Å². The lowest BCUT2D eigenvalue weighted by molar-refractivity contribution is -0.143. The summed E-state index contributed by atoms with van der Waals surface area (Å²) in [5.74, 6) is -6.42. The maximum atomic E-state index is 12.7. The van der Waals surface area contributed by atoms with Crippen LogP contribution in [-0.2, 0) is 28.8 Å². The van der Waals surface area contributed by atoms with Crippen LogP contribution >= 0.6 is 0 Å². The van der Waals surface area contributed by atoms with Crippen LogP contribution in [-0.4, -0.2) is 76.0 Å². The molecular weight excluding hydrogens is 428 g/mol. The van der Waals surface area contributed by atoms with E-state index in [4.69, 9.17) is 17.2 Å². The summed E-state index contributed by atoms with van der Waals surface area (Å²) in [5, 5.41) is 25.3. The molecular formula is C18H32N6O8. The predicted molar refractivity (Wildman–Crippen MR) is 110 cm³/mol. The smallest absolute Gasteiger partial charge is 0.326 e. The molecule has 32 heavy (non-hydrogen) atoms. The molecule has 0 aliphatic carbocycles. The average Bonchev–Trinajstić information content (AvgIpc) is 2.66. The minimum Gasteiger partial charge on any atom is -0.480 e. The number of rotatable bonds is 14. The van der Waals surface area contributed by atoms with Gasteiger partial charge in [-0.25, -0.2) is 4.79 Å². The summed E-state index contributed by atoms with van der Waals surface area (Å²) >= 11 is 0. The fourth-order valence-corrected chi connectivity index (χ4v) is 2.49. The summed E-state index contributed by atoms with van der Waals surface area (Å²) in [5.41, 5.74) is 15.7. The Morgan fingerprint density at radius 2 is 1.31 bits per heavy atom. The molecule has 0 bridgehead atoms. The van der Waals surface area contributed by atoms with E-state index in [0.29, 0.717) is 0 Å². The van der Waals surface area contributed by atoms with Gasteiger partial charge >= 0.3 is 5.97 Å². The van der Waals surface area contributed by atoms with Gasteiger partial charge in [0.05, 0.1) is 12.5 Å². The minimum absolute atomic E-state index is 0.276. The third kappa shape index (κ3) is 10.2. The van der Waals surface area contributed by atoms with Crippen molar-refractivity contribution in [1.82, 2.24) is 16.0 Å². The number of hydrogen-bond acceptors (Lipinski definition) is 8. The van der Waals surface area contributed by atoms with Gasteiger partial charge in [-0.3, -0.25) is 24.0 Å². The lowest BCUT2D eigenvalue weighted by Gasteiger charge is -2.25. The van der Waals surface area contributed by atoms with Crippen LogP contribution in [0.3, 0.4) is 0 Å². The van der Waals surface area contributed by atoms with Crippen molar-refractivity contribution in [2.45, 2.75) is 70.3 Å². The number of amides is 5. The van der Waals surface area contributed by atoms with E-state index in [1.54, 1.807) is 13.8 Å². The zero-order valence-corrected chi connectivity index (χ0v) is 18.2. The van der Waals surface area contributed by atoms with Crippen molar-refractivity contribution in [1.29, 1.82) is 0 Å². The second-order valence-corrected chi connectivity index (χ2v) is 7.63. The van der Waals surface area contributed by atoms with E-state index in [-0.39, 0.29) is 12.8 Å². The van der Waals surface area contributed by atoms with Crippen molar-refractivity contribution in [3.63, 3.8) is 0 Å². The number of carboxylic acid groups (broad SMARTS) is 1. The van der Waals surface area contributed by atoms with Gasteiger partial charge in [-0.05, 0) is 19.3 Å². The molecule has 0 saturated heterocycles. The Labute approximate surface area is 184 Å². The molecule has 11 N–H and O–H groups in total. The molecule has 5 atom stereocenters. The topological polar surface area (TPSA) is 257 Å². The van der Waals surface area contributed by atoms with Crippen LogP contribution in [0, 0.1) is 5.92 Å². The molecule has 182 valence electrons. The number of aliphatic carboxylic acids is 1. The molecule has 0 rings (SSSR count). The lowest BCUT2D eigenvalue weighted by Crippen LogP contribution is -2.59. The highest BCUT2D eigenvalue weighted by molar-refractivity contribution is 5.96. The molecule has 0 aromatic rings. The summed E-state index contributed by atoms with van der Waals surface area (Å²) in [4.78, 5) is 71.2. The maximum Gasteiger partial charge on any atom is 0.326 e. The van der Waals surface area contributed by atoms with Crippen LogP contribution in [0.4, 0.5) is 0 Å². The largest absolute Gasteiger partial charge is 0.480 e. The molecule has 0 saturated carbocycles. The first kappa shape index (κ1) is 28.7. The van der Waals surface area contributed by atoms with Crippen LogP contribution in [0.2, 0.25) is 0 Å². The molecule has 5 unspecified atom stereocenters. The standard InChI is InChI=1S/C18H32N6O8/c1-7(2)14(18(31)32)24-15(28)9(4-5-11(19)26)22-16(29)10(6-12(20)27)23-17(30)13(21)8(3)25/h7-10,13-14,25H,4-6,21H2,1-3H3,(H2,19,26)(H2,20,27)(H,22,29)(H,23,30)(H,24,28)(H,31,32). The first-order valence-electron chi connectivity index (χ1n) is 9.81. The first-order valence-corrected chi connectivity index (χ1v) is 9.81. The highest BCUT2D eigenvalue weighted by Crippen LogP contribution is 2.06. The number of carbonyl (C=O) groups excluding carboxylic acids is 5. The quantitative estimate of drug-likeness (QED) is 0.125. The molecule has 0 aliphatic heterocycles. The van der Waals surface area contributed by atoms with E-state index >= 15 is 0 Å². The third-order valence-electron chi connectivity index (χ3n) is 4.40. The first-order chi connectivity index (χ1) is 14.7. The molecule has 0 heterocycles. The lowest BCUT2D eigenvalue weighted by atomic mass is 10.0. The van der Waals surface area contributed by atoms with Gasteiger partial charge in [-0.1, -0.05) is 13.8 Å². The van der Waals surface area contributed by atoms with Gasteiger partial charge in [-0.15, -0.1) is 0 Å². The molecule has 5 amide bonds. The van der Waals surface area contributed by atoms with Crippen LogP contribution in [0.15, 0.2) is 0 Å². The zero-order chi connectivity index (χ0) is 25.2. The van der Waals surface area contributed by atoms with E-state index in [0.717, 1.165) is 0 Å². The molecule has 0 aromatic carbocycles. The average molecular weight is 460 g/mol. The fourth-order valence-electron chi connectivity index (χ4n) is 2.49. The van der Waals surface area contributed by atoms with Gasteiger partial charge in [0.1, 0.15) is 24.2 Å². The third-order valence-corrected chi connectivity index (χ3v) is 4.40. The zero-order valence-electron chi connectivity index (χ0n) is 18.2. The number of aliphatic hydroxyl groups is 1. The second-order valence-electron chi connectivity index (χ2n) is 7.63. The van der Waals surface area contributed by atoms with E-state index in [1.807, 2.05) is 0 Å². The van der Waals surface area contributed by atoms with Crippen molar-refractivity contribution in [3.05, 3.63) is 0 Å². The Kier molecular flexibility index (Phi) is 11.9. The van der Waals surface area contributed by atoms with Crippen molar-refractivity contribution < 1.29 is 39.0 Å². The number of nitrogens with two attached hydrogens (primary N) is 3. The fraction of sp³-hybridized carbons (Fsp3) is 0.667. The van der Waals surface area contributed by atoms with E-state index < -0.39 is 78.1 Å². The number of carbonyl (C=O) groups is 6. The molecule has 14 heteroatoms. The highest BCUT2D eigenvalue weighted by Gasteiger charge is 2.32. The molecule has 14 nitrogen and oxygen atoms in total. The second kappa shape index (κ2) is 13.2. The number of carboxylic acids is 1. The summed E-state index contributed by atoms with van der Waals surface area (Å²) in [6.45, 7) is 4.35. The van der Waals surface area contributed by atoms with Crippen LogP contribution in [0.1, 0.15) is 40.0 Å². The van der Waals surface area contributed by atoms with E-state index in [1.165, 1.54) is 6.92 Å². The normalized spacial score (nSPS) is 15.6.